The fraction of sp³-hybridized carbons (Fsp3) is 0.188. The highest BCUT2D eigenvalue weighted by molar-refractivity contribution is 5.98. The third-order valence-electron chi connectivity index (χ3n) is 3.80. The molecule has 0 radical (unpaired) electrons. The Morgan fingerprint density at radius 3 is 2.90 bits per heavy atom. The molecule has 0 saturated heterocycles. The molecule has 3 rings (SSSR count). The van der Waals surface area contributed by atoms with Gasteiger partial charge in [-0.15, -0.1) is 0 Å². The quantitative estimate of drug-likeness (QED) is 0.394. The molecular weight excluding hydrogens is 269 g/mol. The van der Waals surface area contributed by atoms with Gasteiger partial charge in [-0.25, -0.2) is 4.39 Å². The largest absolute Gasteiger partial charge is 0.409 e. The summed E-state index contributed by atoms with van der Waals surface area (Å²) in [5, 5.41) is 11.8. The molecule has 1 aliphatic heterocycles. The molecule has 108 valence electrons. The SMILES string of the molecule is NC(=NO)c1cc(F)ccc1CN1CCc2ccccc21. The summed E-state index contributed by atoms with van der Waals surface area (Å²) in [5.41, 5.74) is 9.41. The van der Waals surface area contributed by atoms with E-state index in [1.165, 1.54) is 23.4 Å². The van der Waals surface area contributed by atoms with Crippen molar-refractivity contribution in [1.29, 1.82) is 0 Å². The predicted molar refractivity (Wildman–Crippen MR) is 80.1 cm³/mol. The highest BCUT2D eigenvalue weighted by atomic mass is 19.1. The maximum atomic E-state index is 13.4. The molecule has 0 atom stereocenters. The lowest BCUT2D eigenvalue weighted by Gasteiger charge is -2.21. The highest BCUT2D eigenvalue weighted by Gasteiger charge is 2.20. The molecule has 0 unspecified atom stereocenters. The Bertz CT molecular complexity index is 700. The summed E-state index contributed by atoms with van der Waals surface area (Å²) in [6.07, 6.45) is 0.996. The van der Waals surface area contributed by atoms with Crippen molar-refractivity contribution in [2.75, 3.05) is 11.4 Å². The lowest BCUT2D eigenvalue weighted by atomic mass is 10.1. The van der Waals surface area contributed by atoms with Crippen molar-refractivity contribution in [3.05, 3.63) is 65.0 Å². The molecule has 5 heteroatoms. The van der Waals surface area contributed by atoms with Crippen LogP contribution >= 0.6 is 0 Å². The molecule has 0 aromatic heterocycles. The summed E-state index contributed by atoms with van der Waals surface area (Å²) in [6.45, 7) is 1.51. The Hall–Kier alpha value is -2.56. The van der Waals surface area contributed by atoms with Gasteiger partial charge in [-0.05, 0) is 35.7 Å². The van der Waals surface area contributed by atoms with Crippen LogP contribution in [0.25, 0.3) is 0 Å². The van der Waals surface area contributed by atoms with Gasteiger partial charge in [0.15, 0.2) is 5.84 Å². The summed E-state index contributed by atoms with van der Waals surface area (Å²) in [5.74, 6) is -0.473. The normalized spacial score (nSPS) is 14.3. The number of amidine groups is 1. The zero-order valence-corrected chi connectivity index (χ0v) is 11.5. The number of benzene rings is 2. The Balaban J connectivity index is 1.93. The number of nitrogens with two attached hydrogens (primary N) is 1. The van der Waals surface area contributed by atoms with Crippen LogP contribution in [0.4, 0.5) is 10.1 Å². The lowest BCUT2D eigenvalue weighted by Crippen LogP contribution is -2.23. The third kappa shape index (κ3) is 2.54. The standard InChI is InChI=1S/C16H16FN3O/c17-13-6-5-12(14(9-13)16(18)19-21)10-20-8-7-11-3-1-2-4-15(11)20/h1-6,9,21H,7-8,10H2,(H2,18,19). The second kappa shape index (κ2) is 5.44. The fourth-order valence-electron chi connectivity index (χ4n) is 2.76. The molecule has 0 aliphatic carbocycles. The summed E-state index contributed by atoms with van der Waals surface area (Å²) in [4.78, 5) is 2.22. The second-order valence-corrected chi connectivity index (χ2v) is 5.09. The van der Waals surface area contributed by atoms with Crippen LogP contribution in [0.2, 0.25) is 0 Å². The summed E-state index contributed by atoms with van der Waals surface area (Å²) in [7, 11) is 0. The number of para-hydroxylation sites is 1. The summed E-state index contributed by atoms with van der Waals surface area (Å²) < 4.78 is 13.4. The summed E-state index contributed by atoms with van der Waals surface area (Å²) >= 11 is 0. The first kappa shape index (κ1) is 13.4. The fourth-order valence-corrected chi connectivity index (χ4v) is 2.76. The van der Waals surface area contributed by atoms with Crippen molar-refractivity contribution in [3.8, 4) is 0 Å². The summed E-state index contributed by atoms with van der Waals surface area (Å²) in [6, 6.07) is 12.6. The molecule has 0 amide bonds. The Labute approximate surface area is 122 Å². The number of anilines is 1. The molecule has 4 nitrogen and oxygen atoms in total. The van der Waals surface area contributed by atoms with Gasteiger partial charge in [0.05, 0.1) is 0 Å². The number of rotatable bonds is 3. The van der Waals surface area contributed by atoms with E-state index in [2.05, 4.69) is 22.2 Å². The van der Waals surface area contributed by atoms with Gasteiger partial charge < -0.3 is 15.8 Å². The molecule has 2 aromatic rings. The topological polar surface area (TPSA) is 61.9 Å². The van der Waals surface area contributed by atoms with Crippen molar-refractivity contribution < 1.29 is 9.60 Å². The van der Waals surface area contributed by atoms with Gasteiger partial charge >= 0.3 is 0 Å². The van der Waals surface area contributed by atoms with Gasteiger partial charge in [-0.3, -0.25) is 0 Å². The smallest absolute Gasteiger partial charge is 0.170 e. The maximum absolute atomic E-state index is 13.4. The van der Waals surface area contributed by atoms with E-state index in [9.17, 15) is 4.39 Å². The van der Waals surface area contributed by atoms with E-state index in [0.29, 0.717) is 12.1 Å². The van der Waals surface area contributed by atoms with E-state index in [0.717, 1.165) is 18.5 Å². The third-order valence-corrected chi connectivity index (χ3v) is 3.80. The average molecular weight is 285 g/mol. The van der Waals surface area contributed by atoms with E-state index in [1.807, 2.05) is 12.1 Å². The van der Waals surface area contributed by atoms with E-state index in [1.54, 1.807) is 6.07 Å². The number of fused-ring (bicyclic) bond motifs is 1. The van der Waals surface area contributed by atoms with Crippen molar-refractivity contribution in [3.63, 3.8) is 0 Å². The van der Waals surface area contributed by atoms with Crippen molar-refractivity contribution >= 4 is 11.5 Å². The Morgan fingerprint density at radius 1 is 1.29 bits per heavy atom. The molecule has 0 spiro atoms. The number of hydrogen-bond acceptors (Lipinski definition) is 3. The molecule has 0 saturated carbocycles. The van der Waals surface area contributed by atoms with Crippen LogP contribution in [0.5, 0.6) is 0 Å². The van der Waals surface area contributed by atoms with Gasteiger partial charge in [0.1, 0.15) is 5.82 Å². The van der Waals surface area contributed by atoms with E-state index < -0.39 is 5.82 Å². The molecule has 2 aromatic carbocycles. The Morgan fingerprint density at radius 2 is 2.10 bits per heavy atom. The maximum Gasteiger partial charge on any atom is 0.170 e. The average Bonchev–Trinajstić information content (AvgIpc) is 2.91. The first-order valence-corrected chi connectivity index (χ1v) is 6.78. The number of oxime groups is 1. The van der Waals surface area contributed by atoms with Gasteiger partial charge in [0.2, 0.25) is 0 Å². The van der Waals surface area contributed by atoms with Crippen LogP contribution in [0.1, 0.15) is 16.7 Å². The van der Waals surface area contributed by atoms with E-state index >= 15 is 0 Å². The molecule has 1 aliphatic rings. The van der Waals surface area contributed by atoms with Crippen LogP contribution in [-0.4, -0.2) is 17.6 Å². The number of halogens is 1. The number of hydrogen-bond donors (Lipinski definition) is 2. The van der Waals surface area contributed by atoms with Gasteiger partial charge in [-0.1, -0.05) is 29.4 Å². The van der Waals surface area contributed by atoms with Crippen molar-refractivity contribution in [2.45, 2.75) is 13.0 Å². The first-order valence-electron chi connectivity index (χ1n) is 6.78. The van der Waals surface area contributed by atoms with Crippen molar-refractivity contribution in [2.24, 2.45) is 10.9 Å². The minimum absolute atomic E-state index is 0.0722. The van der Waals surface area contributed by atoms with Crippen LogP contribution in [0.3, 0.4) is 0 Å². The minimum atomic E-state index is -0.401. The van der Waals surface area contributed by atoms with Crippen molar-refractivity contribution in [1.82, 2.24) is 0 Å². The van der Waals surface area contributed by atoms with Crippen LogP contribution in [0, 0.1) is 5.82 Å². The molecule has 0 bridgehead atoms. The predicted octanol–water partition coefficient (Wildman–Crippen LogP) is 2.48. The van der Waals surface area contributed by atoms with Crippen LogP contribution in [0.15, 0.2) is 47.6 Å². The minimum Gasteiger partial charge on any atom is -0.409 e. The monoisotopic (exact) mass is 285 g/mol. The number of nitrogens with zero attached hydrogens (tertiary/aromatic N) is 2. The van der Waals surface area contributed by atoms with Gasteiger partial charge in [-0.2, -0.15) is 0 Å². The molecule has 3 N–H and O–H groups in total. The second-order valence-electron chi connectivity index (χ2n) is 5.09. The van der Waals surface area contributed by atoms with Gasteiger partial charge in [0, 0.05) is 24.3 Å². The highest BCUT2D eigenvalue weighted by Crippen LogP contribution is 2.29. The van der Waals surface area contributed by atoms with E-state index in [4.69, 9.17) is 10.9 Å². The zero-order chi connectivity index (χ0) is 14.8. The lowest BCUT2D eigenvalue weighted by molar-refractivity contribution is 0.318. The van der Waals surface area contributed by atoms with Crippen LogP contribution < -0.4 is 10.6 Å². The molecule has 21 heavy (non-hydrogen) atoms. The van der Waals surface area contributed by atoms with Gasteiger partial charge in [0.25, 0.3) is 0 Å². The first-order chi connectivity index (χ1) is 10.2. The molecule has 0 fully saturated rings. The molecule has 1 heterocycles. The van der Waals surface area contributed by atoms with E-state index in [-0.39, 0.29) is 5.84 Å². The molecular formula is C16H16FN3O. The Kier molecular flexibility index (Phi) is 3.48. The van der Waals surface area contributed by atoms with Crippen LogP contribution in [-0.2, 0) is 13.0 Å². The zero-order valence-electron chi connectivity index (χ0n) is 11.5.